The van der Waals surface area contributed by atoms with Crippen LogP contribution in [0.5, 0.6) is 5.75 Å². The molecule has 0 bridgehead atoms. The van der Waals surface area contributed by atoms with E-state index in [4.69, 9.17) is 51.1 Å². The largest absolute Gasteiger partial charge is 0.493 e. The fraction of sp³-hybridized carbons (Fsp3) is 0.261. The SMILES string of the molecule is CC(C)(C1=C(F)C=C(CCOc2ccc(Cl)c(Cl)c2)[CH]C1)c1ccc(Cl)c(Cl)c1. The minimum absolute atomic E-state index is 0.215. The maximum atomic E-state index is 15.0. The smallest absolute Gasteiger partial charge is 0.123 e. The van der Waals surface area contributed by atoms with Crippen LogP contribution in [-0.4, -0.2) is 6.61 Å². The van der Waals surface area contributed by atoms with E-state index in [9.17, 15) is 4.39 Å². The number of rotatable bonds is 6. The Morgan fingerprint density at radius 3 is 2.21 bits per heavy atom. The molecule has 0 amide bonds. The number of ether oxygens (including phenoxy) is 1. The average Bonchev–Trinajstić information content (AvgIpc) is 2.66. The third kappa shape index (κ3) is 5.30. The third-order valence-corrected chi connectivity index (χ3v) is 6.59. The summed E-state index contributed by atoms with van der Waals surface area (Å²) in [6, 6.07) is 10.5. The molecule has 0 heterocycles. The van der Waals surface area contributed by atoms with Crippen LogP contribution in [0.25, 0.3) is 0 Å². The van der Waals surface area contributed by atoms with Crippen LogP contribution in [0.15, 0.2) is 59.4 Å². The molecule has 153 valence electrons. The molecule has 2 aromatic rings. The molecule has 1 aliphatic rings. The van der Waals surface area contributed by atoms with E-state index in [2.05, 4.69) is 0 Å². The van der Waals surface area contributed by atoms with Crippen LogP contribution >= 0.6 is 46.4 Å². The van der Waals surface area contributed by atoms with Crippen molar-refractivity contribution in [3.8, 4) is 5.75 Å². The van der Waals surface area contributed by atoms with Crippen LogP contribution < -0.4 is 4.74 Å². The van der Waals surface area contributed by atoms with Crippen molar-refractivity contribution in [3.63, 3.8) is 0 Å². The molecule has 0 aliphatic heterocycles. The van der Waals surface area contributed by atoms with Gasteiger partial charge in [-0.15, -0.1) is 0 Å². The van der Waals surface area contributed by atoms with Crippen LogP contribution in [0.3, 0.4) is 0 Å². The van der Waals surface area contributed by atoms with Crippen molar-refractivity contribution in [1.82, 2.24) is 0 Å². The fourth-order valence-electron chi connectivity index (χ4n) is 3.28. The van der Waals surface area contributed by atoms with Crippen LogP contribution in [0.4, 0.5) is 4.39 Å². The molecule has 0 N–H and O–H groups in total. The van der Waals surface area contributed by atoms with Crippen molar-refractivity contribution in [2.24, 2.45) is 0 Å². The second kappa shape index (κ2) is 9.31. The van der Waals surface area contributed by atoms with E-state index in [1.54, 1.807) is 36.4 Å². The first-order chi connectivity index (χ1) is 13.7. The molecular weight excluding hydrogens is 453 g/mol. The molecule has 6 heteroatoms. The van der Waals surface area contributed by atoms with Crippen molar-refractivity contribution in [1.29, 1.82) is 0 Å². The molecule has 0 atom stereocenters. The molecule has 0 spiro atoms. The molecule has 0 saturated carbocycles. The van der Waals surface area contributed by atoms with Gasteiger partial charge in [0.05, 0.1) is 26.7 Å². The summed E-state index contributed by atoms with van der Waals surface area (Å²) in [6.45, 7) is 4.39. The Morgan fingerprint density at radius 2 is 1.59 bits per heavy atom. The summed E-state index contributed by atoms with van der Waals surface area (Å²) < 4.78 is 20.7. The fourth-order valence-corrected chi connectivity index (χ4v) is 3.87. The monoisotopic (exact) mass is 471 g/mol. The summed E-state index contributed by atoms with van der Waals surface area (Å²) >= 11 is 24.1. The van der Waals surface area contributed by atoms with E-state index >= 15 is 0 Å². The highest BCUT2D eigenvalue weighted by atomic mass is 35.5. The standard InChI is InChI=1S/C23H20Cl4FO/c1-23(2,15-4-7-18(24)20(26)12-15)17-6-3-14(11-22(17)28)9-10-29-16-5-8-19(25)21(27)13-16/h3-5,7-8,11-13H,6,9-10H2,1-2H3. The van der Waals surface area contributed by atoms with E-state index in [1.807, 2.05) is 26.3 Å². The Bertz CT molecular complexity index is 979. The van der Waals surface area contributed by atoms with Gasteiger partial charge in [0.15, 0.2) is 0 Å². The van der Waals surface area contributed by atoms with Gasteiger partial charge in [-0.3, -0.25) is 0 Å². The highest BCUT2D eigenvalue weighted by Crippen LogP contribution is 2.41. The third-order valence-electron chi connectivity index (χ3n) is 5.12. The lowest BCUT2D eigenvalue weighted by molar-refractivity contribution is 0.321. The summed E-state index contributed by atoms with van der Waals surface area (Å²) in [5.74, 6) is 0.418. The van der Waals surface area contributed by atoms with Gasteiger partial charge in [-0.05, 0) is 54.3 Å². The van der Waals surface area contributed by atoms with Crippen molar-refractivity contribution >= 4 is 46.4 Å². The van der Waals surface area contributed by atoms with Crippen LogP contribution in [-0.2, 0) is 5.41 Å². The van der Waals surface area contributed by atoms with Gasteiger partial charge in [0.2, 0.25) is 0 Å². The Balaban J connectivity index is 1.69. The summed E-state index contributed by atoms with van der Waals surface area (Å²) in [5.41, 5.74) is 2.03. The lowest BCUT2D eigenvalue weighted by atomic mass is 9.73. The second-order valence-corrected chi connectivity index (χ2v) is 9.01. The zero-order valence-corrected chi connectivity index (χ0v) is 19.1. The number of hydrogen-bond donors (Lipinski definition) is 0. The van der Waals surface area contributed by atoms with Gasteiger partial charge < -0.3 is 4.74 Å². The highest BCUT2D eigenvalue weighted by Gasteiger charge is 2.30. The van der Waals surface area contributed by atoms with Crippen molar-refractivity contribution in [2.45, 2.75) is 32.1 Å². The van der Waals surface area contributed by atoms with E-state index in [0.29, 0.717) is 50.9 Å². The maximum Gasteiger partial charge on any atom is 0.123 e. The minimum atomic E-state index is -0.507. The Kier molecular flexibility index (Phi) is 7.22. The van der Waals surface area contributed by atoms with E-state index < -0.39 is 5.41 Å². The summed E-state index contributed by atoms with van der Waals surface area (Å²) in [7, 11) is 0. The van der Waals surface area contributed by atoms with Gasteiger partial charge in [-0.2, -0.15) is 0 Å². The van der Waals surface area contributed by atoms with Gasteiger partial charge in [0, 0.05) is 17.9 Å². The zero-order chi connectivity index (χ0) is 21.2. The van der Waals surface area contributed by atoms with E-state index in [-0.39, 0.29) is 5.83 Å². The van der Waals surface area contributed by atoms with Crippen molar-refractivity contribution in [2.75, 3.05) is 6.61 Å². The zero-order valence-electron chi connectivity index (χ0n) is 16.0. The number of halogens is 5. The molecule has 0 unspecified atom stereocenters. The molecule has 0 saturated heterocycles. The van der Waals surface area contributed by atoms with Crippen LogP contribution in [0, 0.1) is 6.42 Å². The lowest BCUT2D eigenvalue weighted by Crippen LogP contribution is -2.23. The lowest BCUT2D eigenvalue weighted by Gasteiger charge is -2.31. The number of benzene rings is 2. The molecule has 1 nitrogen and oxygen atoms in total. The summed E-state index contributed by atoms with van der Waals surface area (Å²) in [6.07, 6.45) is 4.73. The molecule has 1 aliphatic carbocycles. The first-order valence-electron chi connectivity index (χ1n) is 9.15. The second-order valence-electron chi connectivity index (χ2n) is 7.38. The molecule has 29 heavy (non-hydrogen) atoms. The average molecular weight is 473 g/mol. The van der Waals surface area contributed by atoms with Gasteiger partial charge in [-0.25, -0.2) is 4.39 Å². The minimum Gasteiger partial charge on any atom is -0.493 e. The first-order valence-corrected chi connectivity index (χ1v) is 10.7. The number of hydrogen-bond acceptors (Lipinski definition) is 1. The predicted molar refractivity (Wildman–Crippen MR) is 121 cm³/mol. The summed E-state index contributed by atoms with van der Waals surface area (Å²) in [4.78, 5) is 0. The Morgan fingerprint density at radius 1 is 0.931 bits per heavy atom. The predicted octanol–water partition coefficient (Wildman–Crippen LogP) is 8.80. The first kappa shape index (κ1) is 22.5. The molecule has 3 rings (SSSR count). The molecule has 0 aromatic heterocycles. The molecule has 0 fully saturated rings. The normalized spacial score (nSPS) is 14.8. The quantitative estimate of drug-likeness (QED) is 0.408. The van der Waals surface area contributed by atoms with E-state index in [0.717, 1.165) is 11.1 Å². The van der Waals surface area contributed by atoms with Gasteiger partial charge >= 0.3 is 0 Å². The van der Waals surface area contributed by atoms with Gasteiger partial charge in [0.25, 0.3) is 0 Å². The maximum absolute atomic E-state index is 15.0. The molecular formula is C23H20Cl4FO. The molecule has 2 aromatic carbocycles. The summed E-state index contributed by atoms with van der Waals surface area (Å²) in [5, 5.41) is 1.87. The Labute approximate surface area is 191 Å². The Hall–Kier alpha value is -1.19. The molecule has 1 radical (unpaired) electrons. The van der Waals surface area contributed by atoms with E-state index in [1.165, 1.54) is 0 Å². The van der Waals surface area contributed by atoms with Crippen molar-refractivity contribution < 1.29 is 9.13 Å². The topological polar surface area (TPSA) is 9.23 Å². The van der Waals surface area contributed by atoms with Crippen LogP contribution in [0.2, 0.25) is 20.1 Å². The van der Waals surface area contributed by atoms with Crippen molar-refractivity contribution in [3.05, 3.63) is 91.5 Å². The number of allylic oxidation sites excluding steroid dienone is 3. The van der Waals surface area contributed by atoms with Gasteiger partial charge in [0.1, 0.15) is 11.6 Å². The van der Waals surface area contributed by atoms with Crippen LogP contribution in [0.1, 0.15) is 32.3 Å². The highest BCUT2D eigenvalue weighted by molar-refractivity contribution is 6.42. The van der Waals surface area contributed by atoms with Gasteiger partial charge in [-0.1, -0.05) is 71.9 Å².